The molecule has 6 nitrogen and oxygen atoms in total. The molecule has 1 aliphatic heterocycles. The zero-order chi connectivity index (χ0) is 19.6. The molecular weight excluding hydrogens is 367 g/mol. The van der Waals surface area contributed by atoms with Crippen molar-refractivity contribution in [1.29, 1.82) is 0 Å². The van der Waals surface area contributed by atoms with Crippen molar-refractivity contribution in [2.45, 2.75) is 33.2 Å². The number of benzene rings is 1. The second-order valence-electron chi connectivity index (χ2n) is 6.37. The van der Waals surface area contributed by atoms with Gasteiger partial charge in [-0.1, -0.05) is 24.2 Å². The van der Waals surface area contributed by atoms with Crippen LogP contribution >= 0.6 is 12.2 Å². The first-order valence-corrected chi connectivity index (χ1v) is 9.10. The smallest absolute Gasteiger partial charge is 0.257 e. The summed E-state index contributed by atoms with van der Waals surface area (Å²) in [5.41, 5.74) is 1.81. The molecule has 0 saturated heterocycles. The van der Waals surface area contributed by atoms with Crippen LogP contribution in [-0.2, 0) is 4.79 Å². The lowest BCUT2D eigenvalue weighted by molar-refractivity contribution is -0.113. The normalized spacial score (nSPS) is 17.1. The number of nitrogens with one attached hydrogen (secondary N) is 2. The number of carbonyl (C=O) groups excluding carboxylic acids is 1. The maximum atomic E-state index is 13.8. The molecule has 2 aromatic rings. The maximum absolute atomic E-state index is 13.8. The molecule has 2 N–H and O–H groups in total. The number of amides is 1. The fourth-order valence-corrected chi connectivity index (χ4v) is 3.46. The van der Waals surface area contributed by atoms with Gasteiger partial charge in [-0.15, -0.1) is 0 Å². The Bertz CT molecular complexity index is 909. The molecule has 142 valence electrons. The van der Waals surface area contributed by atoms with Gasteiger partial charge in [0.2, 0.25) is 0 Å². The summed E-state index contributed by atoms with van der Waals surface area (Å²) < 4.78 is 18.8. The number of rotatable bonds is 5. The van der Waals surface area contributed by atoms with Crippen LogP contribution in [0.25, 0.3) is 0 Å². The van der Waals surface area contributed by atoms with E-state index in [0.29, 0.717) is 34.4 Å². The second-order valence-corrected chi connectivity index (χ2v) is 6.75. The van der Waals surface area contributed by atoms with Crippen molar-refractivity contribution < 1.29 is 13.7 Å². The minimum atomic E-state index is -0.561. The van der Waals surface area contributed by atoms with E-state index >= 15 is 0 Å². The Morgan fingerprint density at radius 3 is 2.81 bits per heavy atom. The first-order chi connectivity index (χ1) is 12.9. The van der Waals surface area contributed by atoms with E-state index in [2.05, 4.69) is 15.8 Å². The molecule has 0 aliphatic carbocycles. The highest BCUT2D eigenvalue weighted by Crippen LogP contribution is 2.31. The third-order valence-electron chi connectivity index (χ3n) is 4.34. The largest absolute Gasteiger partial charge is 0.360 e. The van der Waals surface area contributed by atoms with Crippen LogP contribution in [0.5, 0.6) is 0 Å². The first-order valence-electron chi connectivity index (χ1n) is 8.69. The van der Waals surface area contributed by atoms with Crippen LogP contribution in [0.15, 0.2) is 46.1 Å². The van der Waals surface area contributed by atoms with Crippen LogP contribution in [-0.4, -0.2) is 27.6 Å². The molecule has 1 atom stereocenters. The van der Waals surface area contributed by atoms with Crippen molar-refractivity contribution in [2.75, 3.05) is 11.9 Å². The number of halogens is 1. The highest BCUT2D eigenvalue weighted by molar-refractivity contribution is 7.80. The van der Waals surface area contributed by atoms with Crippen LogP contribution in [0.2, 0.25) is 0 Å². The molecule has 0 spiro atoms. The predicted molar refractivity (Wildman–Crippen MR) is 104 cm³/mol. The molecule has 1 aromatic heterocycles. The van der Waals surface area contributed by atoms with Crippen molar-refractivity contribution >= 4 is 29.1 Å². The van der Waals surface area contributed by atoms with Gasteiger partial charge in [0.1, 0.15) is 11.6 Å². The molecular formula is C19H21FN4O2S. The zero-order valence-corrected chi connectivity index (χ0v) is 16.2. The number of hydrogen-bond donors (Lipinski definition) is 2. The third kappa shape index (κ3) is 4.00. The quantitative estimate of drug-likeness (QED) is 0.762. The Labute approximate surface area is 162 Å². The van der Waals surface area contributed by atoms with Gasteiger partial charge in [0.15, 0.2) is 10.9 Å². The number of carbonyl (C=O) groups is 1. The SMILES string of the molecule is CCCN1C(=S)NC(c2cccc(F)c2)C(C(=O)Nc2cc(C)on2)=C1C. The van der Waals surface area contributed by atoms with E-state index in [1.54, 1.807) is 25.1 Å². The molecule has 1 aliphatic rings. The topological polar surface area (TPSA) is 70.4 Å². The van der Waals surface area contributed by atoms with E-state index in [-0.39, 0.29) is 11.7 Å². The Kier molecular flexibility index (Phi) is 5.55. The van der Waals surface area contributed by atoms with Gasteiger partial charge in [-0.05, 0) is 50.2 Å². The average molecular weight is 388 g/mol. The summed E-state index contributed by atoms with van der Waals surface area (Å²) in [5.74, 6) is 0.200. The number of thiocarbonyl (C=S) groups is 1. The number of aromatic nitrogens is 1. The molecule has 8 heteroatoms. The van der Waals surface area contributed by atoms with Gasteiger partial charge in [0.05, 0.1) is 11.6 Å². The van der Waals surface area contributed by atoms with Gasteiger partial charge in [-0.3, -0.25) is 4.79 Å². The zero-order valence-electron chi connectivity index (χ0n) is 15.4. The van der Waals surface area contributed by atoms with Crippen LogP contribution in [0.3, 0.4) is 0 Å². The minimum absolute atomic E-state index is 0.325. The molecule has 0 bridgehead atoms. The lowest BCUT2D eigenvalue weighted by Gasteiger charge is -2.37. The van der Waals surface area contributed by atoms with E-state index in [0.717, 1.165) is 12.1 Å². The van der Waals surface area contributed by atoms with Crippen LogP contribution < -0.4 is 10.6 Å². The van der Waals surface area contributed by atoms with Gasteiger partial charge in [-0.2, -0.15) is 0 Å². The van der Waals surface area contributed by atoms with Gasteiger partial charge < -0.3 is 20.1 Å². The van der Waals surface area contributed by atoms with Gasteiger partial charge in [0, 0.05) is 18.3 Å². The summed E-state index contributed by atoms with van der Waals surface area (Å²) in [6.45, 7) is 6.30. The summed E-state index contributed by atoms with van der Waals surface area (Å²) in [6.07, 6.45) is 0.862. The maximum Gasteiger partial charge on any atom is 0.257 e. The van der Waals surface area contributed by atoms with Crippen LogP contribution in [0, 0.1) is 12.7 Å². The number of nitrogens with zero attached hydrogens (tertiary/aromatic N) is 2. The standard InChI is InChI=1S/C19H21FN4O2S/c1-4-8-24-12(3)16(18(25)21-15-9-11(2)26-23-15)17(22-19(24)27)13-6-5-7-14(20)10-13/h5-7,9-10,17H,4,8H2,1-3H3,(H,22,27)(H,21,23,25). The summed E-state index contributed by atoms with van der Waals surface area (Å²) >= 11 is 5.48. The van der Waals surface area contributed by atoms with Crippen LogP contribution in [0.4, 0.5) is 10.2 Å². The fourth-order valence-electron chi connectivity index (χ4n) is 3.11. The molecule has 1 unspecified atom stereocenters. The van der Waals surface area contributed by atoms with E-state index in [1.807, 2.05) is 18.7 Å². The lowest BCUT2D eigenvalue weighted by Crippen LogP contribution is -2.48. The summed E-state index contributed by atoms with van der Waals surface area (Å²) in [6, 6.07) is 7.21. The second kappa shape index (κ2) is 7.87. The summed E-state index contributed by atoms with van der Waals surface area (Å²) in [4.78, 5) is 14.9. The van der Waals surface area contributed by atoms with Crippen molar-refractivity contribution in [2.24, 2.45) is 0 Å². The van der Waals surface area contributed by atoms with E-state index in [4.69, 9.17) is 16.7 Å². The fraction of sp³-hybridized carbons (Fsp3) is 0.316. The van der Waals surface area contributed by atoms with E-state index < -0.39 is 6.04 Å². The average Bonchev–Trinajstić information content (AvgIpc) is 3.02. The van der Waals surface area contributed by atoms with E-state index in [1.165, 1.54) is 12.1 Å². The molecule has 2 heterocycles. The Morgan fingerprint density at radius 1 is 1.41 bits per heavy atom. The summed E-state index contributed by atoms with van der Waals surface area (Å²) in [5, 5.41) is 10.2. The Balaban J connectivity index is 2.02. The van der Waals surface area contributed by atoms with Gasteiger partial charge in [-0.25, -0.2) is 4.39 Å². The third-order valence-corrected chi connectivity index (χ3v) is 4.68. The highest BCUT2D eigenvalue weighted by Gasteiger charge is 2.34. The molecule has 3 rings (SSSR count). The van der Waals surface area contributed by atoms with Crippen LogP contribution in [0.1, 0.15) is 37.6 Å². The summed E-state index contributed by atoms with van der Waals surface area (Å²) in [7, 11) is 0. The molecule has 0 fully saturated rings. The van der Waals surface area contributed by atoms with E-state index in [9.17, 15) is 9.18 Å². The molecule has 1 amide bonds. The molecule has 1 aromatic carbocycles. The highest BCUT2D eigenvalue weighted by atomic mass is 32.1. The van der Waals surface area contributed by atoms with Crippen molar-refractivity contribution in [3.63, 3.8) is 0 Å². The number of anilines is 1. The van der Waals surface area contributed by atoms with Crippen molar-refractivity contribution in [1.82, 2.24) is 15.4 Å². The van der Waals surface area contributed by atoms with Crippen molar-refractivity contribution in [3.05, 3.63) is 58.7 Å². The molecule has 0 radical (unpaired) electrons. The predicted octanol–water partition coefficient (Wildman–Crippen LogP) is 3.68. The van der Waals surface area contributed by atoms with Gasteiger partial charge in [0.25, 0.3) is 5.91 Å². The lowest BCUT2D eigenvalue weighted by atomic mass is 9.94. The van der Waals surface area contributed by atoms with Gasteiger partial charge >= 0.3 is 0 Å². The monoisotopic (exact) mass is 388 g/mol. The number of aryl methyl sites for hydroxylation is 1. The Morgan fingerprint density at radius 2 is 2.19 bits per heavy atom. The first kappa shape index (κ1) is 19.0. The number of allylic oxidation sites excluding steroid dienone is 1. The minimum Gasteiger partial charge on any atom is -0.360 e. The molecule has 27 heavy (non-hydrogen) atoms. The number of hydrogen-bond acceptors (Lipinski definition) is 4. The van der Waals surface area contributed by atoms with Crippen molar-refractivity contribution in [3.8, 4) is 0 Å². The Hall–Kier alpha value is -2.74. The molecule has 0 saturated carbocycles.